The van der Waals surface area contributed by atoms with Gasteiger partial charge in [-0.25, -0.2) is 0 Å². The van der Waals surface area contributed by atoms with Gasteiger partial charge in [0.15, 0.2) is 0 Å². The monoisotopic (exact) mass is 180 g/mol. The Balaban J connectivity index is 1.93. The second-order valence-electron chi connectivity index (χ2n) is 4.69. The second kappa shape index (κ2) is 2.84. The zero-order valence-electron chi connectivity index (χ0n) is 8.45. The smallest absolute Gasteiger partial charge is 0.142 e. The number of nitrogens with zero attached hydrogens (tertiary/aromatic N) is 2. The average molecular weight is 180 g/mol. The van der Waals surface area contributed by atoms with Gasteiger partial charge in [-0.15, -0.1) is 0 Å². The molecule has 1 aliphatic rings. The first-order valence-electron chi connectivity index (χ1n) is 4.73. The second-order valence-corrected chi connectivity index (χ2v) is 4.69. The quantitative estimate of drug-likeness (QED) is 0.660. The molecule has 0 atom stereocenters. The summed E-state index contributed by atoms with van der Waals surface area (Å²) in [4.78, 5) is 2.44. The fraction of sp³-hybridized carbons (Fsp3) is 0.700. The van der Waals surface area contributed by atoms with Crippen LogP contribution in [0.3, 0.4) is 0 Å². The maximum absolute atomic E-state index is 5.12. The predicted octanol–water partition coefficient (Wildman–Crippen LogP) is 1.87. The van der Waals surface area contributed by atoms with Crippen LogP contribution in [-0.4, -0.2) is 28.7 Å². The number of rotatable bonds is 1. The number of likely N-dealkylation sites (tertiary alicyclic amines) is 1. The Bertz CT molecular complexity index is 268. The molecular weight excluding hydrogens is 164 g/mol. The third-order valence-corrected chi connectivity index (χ3v) is 2.69. The number of hydrogen-bond donors (Lipinski definition) is 0. The van der Waals surface area contributed by atoms with Crippen LogP contribution in [0.5, 0.6) is 0 Å². The molecule has 0 radical (unpaired) electrons. The summed E-state index contributed by atoms with van der Waals surface area (Å²) in [5.41, 5.74) is 0.288. The molecule has 0 spiro atoms. The normalized spacial score (nSPS) is 20.2. The van der Waals surface area contributed by atoms with Crippen molar-refractivity contribution in [2.24, 2.45) is 0 Å². The van der Waals surface area contributed by atoms with Crippen molar-refractivity contribution in [3.8, 4) is 0 Å². The van der Waals surface area contributed by atoms with Gasteiger partial charge in [-0.2, -0.15) is 0 Å². The van der Waals surface area contributed by atoms with E-state index in [2.05, 4.69) is 30.8 Å². The van der Waals surface area contributed by atoms with Crippen molar-refractivity contribution in [2.75, 3.05) is 13.1 Å². The molecule has 0 bridgehead atoms. The fourth-order valence-corrected chi connectivity index (χ4v) is 1.64. The zero-order valence-corrected chi connectivity index (χ0v) is 8.45. The fourth-order valence-electron chi connectivity index (χ4n) is 1.64. The Morgan fingerprint density at radius 2 is 2.15 bits per heavy atom. The lowest BCUT2D eigenvalue weighted by Gasteiger charge is -2.46. The summed E-state index contributed by atoms with van der Waals surface area (Å²) in [5, 5.41) is 3.72. The number of hydrogen-bond acceptors (Lipinski definition) is 3. The van der Waals surface area contributed by atoms with Gasteiger partial charge in [0.05, 0.1) is 6.20 Å². The molecule has 0 amide bonds. The molecule has 3 nitrogen and oxygen atoms in total. The Morgan fingerprint density at radius 3 is 2.62 bits per heavy atom. The van der Waals surface area contributed by atoms with Crippen molar-refractivity contribution in [3.05, 3.63) is 18.0 Å². The van der Waals surface area contributed by atoms with Gasteiger partial charge < -0.3 is 4.52 Å². The summed E-state index contributed by atoms with van der Waals surface area (Å²) in [6.07, 6.45) is 1.72. The highest BCUT2D eigenvalue weighted by Crippen LogP contribution is 2.31. The number of aromatic nitrogens is 1. The molecule has 13 heavy (non-hydrogen) atoms. The molecule has 1 aromatic heterocycles. The molecule has 0 unspecified atom stereocenters. The van der Waals surface area contributed by atoms with Gasteiger partial charge in [-0.05, 0) is 20.8 Å². The lowest BCUT2D eigenvalue weighted by molar-refractivity contribution is 0.0374. The van der Waals surface area contributed by atoms with E-state index in [9.17, 15) is 0 Å². The molecular formula is C10H16N2O. The molecule has 2 heterocycles. The summed E-state index contributed by atoms with van der Waals surface area (Å²) in [6, 6.07) is 1.96. The van der Waals surface area contributed by atoms with E-state index in [1.807, 2.05) is 6.07 Å². The van der Waals surface area contributed by atoms with E-state index in [4.69, 9.17) is 4.52 Å². The van der Waals surface area contributed by atoms with Gasteiger partial charge in [-0.1, -0.05) is 5.16 Å². The van der Waals surface area contributed by atoms with E-state index in [0.29, 0.717) is 5.92 Å². The van der Waals surface area contributed by atoms with E-state index < -0.39 is 0 Å². The first-order valence-corrected chi connectivity index (χ1v) is 4.73. The summed E-state index contributed by atoms with van der Waals surface area (Å²) >= 11 is 0. The van der Waals surface area contributed by atoms with Crippen molar-refractivity contribution in [3.63, 3.8) is 0 Å². The van der Waals surface area contributed by atoms with Crippen molar-refractivity contribution >= 4 is 0 Å². The SMILES string of the molecule is CC(C)(C)N1CC(c2ccno2)C1. The van der Waals surface area contributed by atoms with Gasteiger partial charge in [-0.3, -0.25) is 4.90 Å². The lowest BCUT2D eigenvalue weighted by Crippen LogP contribution is -2.54. The van der Waals surface area contributed by atoms with Gasteiger partial charge in [0.25, 0.3) is 0 Å². The molecule has 0 N–H and O–H groups in total. The Kier molecular flexibility index (Phi) is 1.91. The molecule has 0 aliphatic carbocycles. The van der Waals surface area contributed by atoms with Crippen LogP contribution in [0.2, 0.25) is 0 Å². The van der Waals surface area contributed by atoms with Gasteiger partial charge in [0.1, 0.15) is 5.76 Å². The molecule has 1 saturated heterocycles. The van der Waals surface area contributed by atoms with Crippen LogP contribution in [0.1, 0.15) is 32.4 Å². The Hall–Kier alpha value is -0.830. The molecule has 1 aromatic rings. The van der Waals surface area contributed by atoms with Crippen molar-refractivity contribution in [1.82, 2.24) is 10.1 Å². The lowest BCUT2D eigenvalue weighted by atomic mass is 9.91. The Morgan fingerprint density at radius 1 is 1.46 bits per heavy atom. The zero-order chi connectivity index (χ0) is 9.47. The minimum Gasteiger partial charge on any atom is -0.361 e. The molecule has 3 heteroatoms. The van der Waals surface area contributed by atoms with Gasteiger partial charge in [0, 0.05) is 30.6 Å². The minimum absolute atomic E-state index is 0.288. The maximum Gasteiger partial charge on any atom is 0.142 e. The molecule has 0 saturated carbocycles. The molecule has 1 aliphatic heterocycles. The molecule has 1 fully saturated rings. The van der Waals surface area contributed by atoms with Crippen molar-refractivity contribution in [1.29, 1.82) is 0 Å². The standard InChI is InChI=1S/C10H16N2O/c1-10(2,3)12-6-8(7-12)9-4-5-11-13-9/h4-5,8H,6-7H2,1-3H3. The van der Waals surface area contributed by atoms with Crippen molar-refractivity contribution < 1.29 is 4.52 Å². The van der Waals surface area contributed by atoms with Crippen LogP contribution >= 0.6 is 0 Å². The van der Waals surface area contributed by atoms with Crippen LogP contribution in [0.4, 0.5) is 0 Å². The van der Waals surface area contributed by atoms with Crippen molar-refractivity contribution in [2.45, 2.75) is 32.2 Å². The highest BCUT2D eigenvalue weighted by molar-refractivity contribution is 5.09. The van der Waals surface area contributed by atoms with E-state index in [1.54, 1.807) is 6.20 Å². The summed E-state index contributed by atoms with van der Waals surface area (Å²) < 4.78 is 5.12. The third kappa shape index (κ3) is 1.61. The topological polar surface area (TPSA) is 29.3 Å². The van der Waals surface area contributed by atoms with Crippen LogP contribution in [0.25, 0.3) is 0 Å². The highest BCUT2D eigenvalue weighted by Gasteiger charge is 2.36. The Labute approximate surface area is 78.7 Å². The summed E-state index contributed by atoms with van der Waals surface area (Å²) in [7, 11) is 0. The van der Waals surface area contributed by atoms with E-state index in [1.165, 1.54) is 0 Å². The van der Waals surface area contributed by atoms with E-state index in [0.717, 1.165) is 18.8 Å². The third-order valence-electron chi connectivity index (χ3n) is 2.69. The van der Waals surface area contributed by atoms with Gasteiger partial charge >= 0.3 is 0 Å². The largest absolute Gasteiger partial charge is 0.361 e. The van der Waals surface area contributed by atoms with Crippen LogP contribution < -0.4 is 0 Å². The minimum atomic E-state index is 0.288. The highest BCUT2D eigenvalue weighted by atomic mass is 16.5. The summed E-state index contributed by atoms with van der Waals surface area (Å²) in [6.45, 7) is 8.91. The maximum atomic E-state index is 5.12. The van der Waals surface area contributed by atoms with Crippen LogP contribution in [0.15, 0.2) is 16.8 Å². The summed E-state index contributed by atoms with van der Waals surface area (Å²) in [5.74, 6) is 1.59. The molecule has 2 rings (SSSR count). The van der Waals surface area contributed by atoms with E-state index >= 15 is 0 Å². The molecule has 0 aromatic carbocycles. The average Bonchev–Trinajstić information content (AvgIpc) is 2.31. The van der Waals surface area contributed by atoms with Crippen LogP contribution in [-0.2, 0) is 0 Å². The van der Waals surface area contributed by atoms with Gasteiger partial charge in [0.2, 0.25) is 0 Å². The molecule has 72 valence electrons. The first kappa shape index (κ1) is 8.75. The van der Waals surface area contributed by atoms with E-state index in [-0.39, 0.29) is 5.54 Å². The first-order chi connectivity index (χ1) is 6.07. The predicted molar refractivity (Wildman–Crippen MR) is 50.6 cm³/mol. The van der Waals surface area contributed by atoms with Crippen LogP contribution in [0, 0.1) is 0 Å².